The second-order valence-corrected chi connectivity index (χ2v) is 16.5. The van der Waals surface area contributed by atoms with Gasteiger partial charge < -0.3 is 14.4 Å². The quantitative estimate of drug-likeness (QED) is 0.0377. The number of rotatable bonds is 34. The second-order valence-electron chi connectivity index (χ2n) is 16.5. The summed E-state index contributed by atoms with van der Waals surface area (Å²) < 4.78 is 10.9. The van der Waals surface area contributed by atoms with Gasteiger partial charge in [-0.05, 0) is 82.3 Å². The molecule has 0 aromatic carbocycles. The molecule has 0 heterocycles. The normalized spacial score (nSPS) is 12.5. The van der Waals surface area contributed by atoms with Gasteiger partial charge in [-0.15, -0.1) is 0 Å². The fourth-order valence-corrected chi connectivity index (χ4v) is 6.24. The van der Waals surface area contributed by atoms with Crippen LogP contribution in [0.3, 0.4) is 0 Å². The fourth-order valence-electron chi connectivity index (χ4n) is 6.24. The van der Waals surface area contributed by atoms with Gasteiger partial charge in [0.15, 0.2) is 0 Å². The first kappa shape index (κ1) is 48.0. The summed E-state index contributed by atoms with van der Waals surface area (Å²) in [6, 6.07) is 0. The topological polar surface area (TPSA) is 72.9 Å². The van der Waals surface area contributed by atoms with Crippen molar-refractivity contribution in [3.8, 4) is 0 Å². The summed E-state index contributed by atoms with van der Waals surface area (Å²) >= 11 is 0. The highest BCUT2D eigenvalue weighted by Crippen LogP contribution is 2.33. The van der Waals surface area contributed by atoms with Crippen molar-refractivity contribution < 1.29 is 23.9 Å². The first-order valence-electron chi connectivity index (χ1n) is 20.6. The Hall–Kier alpha value is -1.95. The molecule has 6 nitrogen and oxygen atoms in total. The van der Waals surface area contributed by atoms with E-state index < -0.39 is 0 Å². The van der Waals surface area contributed by atoms with Crippen LogP contribution in [0, 0.1) is 16.7 Å². The van der Waals surface area contributed by atoms with Crippen LogP contribution in [0.15, 0.2) is 24.3 Å². The van der Waals surface area contributed by atoms with Gasteiger partial charge in [-0.25, -0.2) is 0 Å². The third-order valence-corrected chi connectivity index (χ3v) is 9.70. The Morgan fingerprint density at radius 1 is 0.600 bits per heavy atom. The molecule has 0 atom stereocenters. The molecule has 0 aliphatic heterocycles. The maximum absolute atomic E-state index is 13.0. The van der Waals surface area contributed by atoms with Crippen molar-refractivity contribution >= 4 is 17.7 Å². The molecule has 50 heavy (non-hydrogen) atoms. The molecule has 292 valence electrons. The lowest BCUT2D eigenvalue weighted by molar-refractivity contribution is -0.143. The minimum atomic E-state index is -0.152. The lowest BCUT2D eigenvalue weighted by atomic mass is 9.78. The third kappa shape index (κ3) is 32.0. The SMILES string of the molecule is CCCCCCCCCOC(=O)C/C=C/C(C)(C)CCC(CCC(C)(C)/C=C/CC(=O)OCCCCCCCCC)CC(=O)CCCN(C)C. The van der Waals surface area contributed by atoms with E-state index in [0.29, 0.717) is 50.6 Å². The van der Waals surface area contributed by atoms with E-state index in [2.05, 4.69) is 58.6 Å². The Morgan fingerprint density at radius 2 is 1.00 bits per heavy atom. The number of esters is 2. The highest BCUT2D eigenvalue weighted by atomic mass is 16.5. The Kier molecular flexibility index (Phi) is 29.5. The van der Waals surface area contributed by atoms with E-state index in [4.69, 9.17) is 9.47 Å². The highest BCUT2D eigenvalue weighted by Gasteiger charge is 2.23. The molecule has 0 saturated heterocycles. The van der Waals surface area contributed by atoms with Crippen molar-refractivity contribution in [3.63, 3.8) is 0 Å². The average molecular weight is 704 g/mol. The number of nitrogens with zero attached hydrogens (tertiary/aromatic N) is 1. The third-order valence-electron chi connectivity index (χ3n) is 9.70. The van der Waals surface area contributed by atoms with Crippen LogP contribution in [0.5, 0.6) is 0 Å². The Bertz CT molecular complexity index is 859. The second kappa shape index (κ2) is 30.7. The zero-order chi connectivity index (χ0) is 37.5. The molecule has 0 rings (SSSR count). The fraction of sp³-hybridized carbons (Fsp3) is 0.841. The maximum Gasteiger partial charge on any atom is 0.309 e. The molecular formula is C44H81NO5. The molecule has 0 amide bonds. The molecule has 0 unspecified atom stereocenters. The van der Waals surface area contributed by atoms with E-state index in [1.165, 1.54) is 64.2 Å². The molecule has 0 bridgehead atoms. The maximum atomic E-state index is 13.0. The minimum absolute atomic E-state index is 0.0736. The number of hydrogen-bond donors (Lipinski definition) is 0. The van der Waals surface area contributed by atoms with Gasteiger partial charge in [0, 0.05) is 12.8 Å². The Labute approximate surface area is 310 Å². The summed E-state index contributed by atoms with van der Waals surface area (Å²) in [4.78, 5) is 39.7. The first-order valence-corrected chi connectivity index (χ1v) is 20.6. The largest absolute Gasteiger partial charge is 0.465 e. The van der Waals surface area contributed by atoms with Crippen LogP contribution >= 0.6 is 0 Å². The summed E-state index contributed by atoms with van der Waals surface area (Å²) in [6.45, 7) is 15.3. The number of carbonyl (C=O) groups excluding carboxylic acids is 3. The van der Waals surface area contributed by atoms with Crippen molar-refractivity contribution in [1.82, 2.24) is 4.90 Å². The molecule has 0 aromatic rings. The van der Waals surface area contributed by atoms with Crippen LogP contribution < -0.4 is 0 Å². The minimum Gasteiger partial charge on any atom is -0.465 e. The number of ketones is 1. The van der Waals surface area contributed by atoms with Gasteiger partial charge in [0.25, 0.3) is 0 Å². The molecule has 0 fully saturated rings. The smallest absolute Gasteiger partial charge is 0.309 e. The molecule has 0 aliphatic carbocycles. The summed E-state index contributed by atoms with van der Waals surface area (Å²) in [7, 11) is 4.09. The molecule has 0 N–H and O–H groups in total. The van der Waals surface area contributed by atoms with Gasteiger partial charge in [0.05, 0.1) is 26.1 Å². The molecule has 0 saturated carbocycles. The molecular weight excluding hydrogens is 622 g/mol. The van der Waals surface area contributed by atoms with Crippen LogP contribution in [0.2, 0.25) is 0 Å². The van der Waals surface area contributed by atoms with Gasteiger partial charge >= 0.3 is 11.9 Å². The van der Waals surface area contributed by atoms with E-state index >= 15 is 0 Å². The van der Waals surface area contributed by atoms with Gasteiger partial charge in [-0.1, -0.05) is 143 Å². The number of ether oxygens (including phenoxy) is 2. The molecule has 0 aliphatic rings. The number of Topliss-reactive ketones (excluding diaryl/α,β-unsaturated/α-hetero) is 1. The molecule has 0 spiro atoms. The number of hydrogen-bond acceptors (Lipinski definition) is 6. The van der Waals surface area contributed by atoms with Gasteiger partial charge in [-0.3, -0.25) is 14.4 Å². The molecule has 0 aromatic heterocycles. The van der Waals surface area contributed by atoms with E-state index in [1.54, 1.807) is 0 Å². The summed E-state index contributed by atoms with van der Waals surface area (Å²) in [6.07, 6.45) is 31.7. The van der Waals surface area contributed by atoms with Crippen molar-refractivity contribution in [2.75, 3.05) is 33.9 Å². The van der Waals surface area contributed by atoms with Crippen LogP contribution in [0.1, 0.15) is 189 Å². The molecule has 0 radical (unpaired) electrons. The zero-order valence-corrected chi connectivity index (χ0v) is 34.3. The van der Waals surface area contributed by atoms with Gasteiger partial charge in [0.2, 0.25) is 0 Å². The standard InChI is InChI=1S/C44H81NO5/c1-9-11-13-15-17-19-21-36-49-41(47)27-23-31-43(3,4)33-29-39(38-40(46)26-25-35-45(7)8)30-34-44(5,6)32-24-28-42(48)50-37-22-20-18-16-14-12-10-2/h23-24,31-32,39H,9-22,25-30,33-38H2,1-8H3/b31-23+,32-24+. The summed E-state index contributed by atoms with van der Waals surface area (Å²) in [5.41, 5.74) is -0.147. The van der Waals surface area contributed by atoms with Gasteiger partial charge in [-0.2, -0.15) is 0 Å². The van der Waals surface area contributed by atoms with Crippen LogP contribution in [-0.4, -0.2) is 56.5 Å². The lowest BCUT2D eigenvalue weighted by Gasteiger charge is -2.27. The van der Waals surface area contributed by atoms with Crippen molar-refractivity contribution in [2.45, 2.75) is 189 Å². The van der Waals surface area contributed by atoms with E-state index in [0.717, 1.165) is 64.3 Å². The Balaban J connectivity index is 4.81. The number of carbonyl (C=O) groups is 3. The summed E-state index contributed by atoms with van der Waals surface area (Å²) in [5, 5.41) is 0. The predicted molar refractivity (Wildman–Crippen MR) is 212 cm³/mol. The van der Waals surface area contributed by atoms with E-state index in [-0.39, 0.29) is 22.8 Å². The lowest BCUT2D eigenvalue weighted by Crippen LogP contribution is -2.18. The van der Waals surface area contributed by atoms with Crippen molar-refractivity contribution in [3.05, 3.63) is 24.3 Å². The highest BCUT2D eigenvalue weighted by molar-refractivity contribution is 5.78. The van der Waals surface area contributed by atoms with Crippen LogP contribution in [0.25, 0.3) is 0 Å². The van der Waals surface area contributed by atoms with Crippen molar-refractivity contribution in [2.24, 2.45) is 16.7 Å². The van der Waals surface area contributed by atoms with Gasteiger partial charge in [0.1, 0.15) is 5.78 Å². The van der Waals surface area contributed by atoms with E-state index in [9.17, 15) is 14.4 Å². The number of unbranched alkanes of at least 4 members (excludes halogenated alkanes) is 12. The summed E-state index contributed by atoms with van der Waals surface area (Å²) in [5.74, 6) is 0.355. The monoisotopic (exact) mass is 704 g/mol. The van der Waals surface area contributed by atoms with E-state index in [1.807, 2.05) is 26.2 Å². The average Bonchev–Trinajstić information content (AvgIpc) is 3.04. The number of allylic oxidation sites excluding steroid dienone is 2. The molecule has 6 heteroatoms. The Morgan fingerprint density at radius 3 is 1.40 bits per heavy atom. The zero-order valence-electron chi connectivity index (χ0n) is 34.3. The van der Waals surface area contributed by atoms with Crippen LogP contribution in [-0.2, 0) is 23.9 Å². The predicted octanol–water partition coefficient (Wildman–Crippen LogP) is 12.0. The van der Waals surface area contributed by atoms with Crippen LogP contribution in [0.4, 0.5) is 0 Å². The van der Waals surface area contributed by atoms with Crippen molar-refractivity contribution in [1.29, 1.82) is 0 Å². The first-order chi connectivity index (χ1) is 23.8.